The number of hydrogen-bond donors (Lipinski definition) is 1. The van der Waals surface area contributed by atoms with Crippen molar-refractivity contribution in [2.24, 2.45) is 5.92 Å². The second-order valence-corrected chi connectivity index (χ2v) is 11.3. The van der Waals surface area contributed by atoms with Gasteiger partial charge in [0.1, 0.15) is 11.9 Å². The van der Waals surface area contributed by atoms with E-state index in [9.17, 15) is 43.9 Å². The summed E-state index contributed by atoms with van der Waals surface area (Å²) in [5.41, 5.74) is -1.96. The number of sulfonamides is 1. The van der Waals surface area contributed by atoms with Crippen LogP contribution in [0.5, 0.6) is 0 Å². The van der Waals surface area contributed by atoms with Gasteiger partial charge in [-0.05, 0) is 55.2 Å². The van der Waals surface area contributed by atoms with Crippen LogP contribution in [0, 0.1) is 11.7 Å². The van der Waals surface area contributed by atoms with Gasteiger partial charge < -0.3 is 5.32 Å². The van der Waals surface area contributed by atoms with Crippen molar-refractivity contribution in [3.05, 3.63) is 71.7 Å². The molecule has 0 bridgehead atoms. The van der Waals surface area contributed by atoms with E-state index in [1.807, 2.05) is 0 Å². The van der Waals surface area contributed by atoms with Crippen molar-refractivity contribution < 1.29 is 43.9 Å². The Morgan fingerprint density at radius 2 is 1.59 bits per heavy atom. The summed E-state index contributed by atoms with van der Waals surface area (Å²) in [6.07, 6.45) is -7.66. The lowest BCUT2D eigenvalue weighted by Gasteiger charge is -2.27. The van der Waals surface area contributed by atoms with Gasteiger partial charge in [-0.25, -0.2) is 22.8 Å². The SMILES string of the molecule is CC1[C@H](C)CC(C(=O)NCc2cc(-c3cnc(C(F)(F)F)nc3)ncc2C(F)(F)F)N1S(=O)(=O)c1ccc(F)cc1. The third-order valence-corrected chi connectivity index (χ3v) is 8.78. The smallest absolute Gasteiger partial charge is 0.351 e. The van der Waals surface area contributed by atoms with Gasteiger partial charge in [0, 0.05) is 36.7 Å². The molecule has 1 aliphatic rings. The minimum Gasteiger partial charge on any atom is -0.351 e. The number of carbonyl (C=O) groups excluding carboxylic acids is 1. The Hall–Kier alpha value is -3.66. The maximum atomic E-state index is 13.7. The molecule has 4 rings (SSSR count). The lowest BCUT2D eigenvalue weighted by molar-refractivity contribution is -0.145. The summed E-state index contributed by atoms with van der Waals surface area (Å²) in [5, 5.41) is 2.35. The molecule has 0 saturated carbocycles. The highest BCUT2D eigenvalue weighted by Gasteiger charge is 2.47. The van der Waals surface area contributed by atoms with Crippen molar-refractivity contribution in [1.29, 1.82) is 0 Å². The highest BCUT2D eigenvalue weighted by atomic mass is 32.2. The Balaban J connectivity index is 1.61. The highest BCUT2D eigenvalue weighted by Crippen LogP contribution is 2.36. The molecule has 8 nitrogen and oxygen atoms in total. The number of rotatable bonds is 6. The van der Waals surface area contributed by atoms with Crippen LogP contribution in [0.3, 0.4) is 0 Å². The van der Waals surface area contributed by atoms with E-state index in [0.717, 1.165) is 47.0 Å². The van der Waals surface area contributed by atoms with E-state index in [1.165, 1.54) is 0 Å². The number of nitrogens with one attached hydrogen (secondary N) is 1. The van der Waals surface area contributed by atoms with Crippen LogP contribution in [-0.2, 0) is 33.7 Å². The van der Waals surface area contributed by atoms with Crippen LogP contribution in [0.1, 0.15) is 37.2 Å². The number of amides is 1. The van der Waals surface area contributed by atoms with Crippen LogP contribution in [-0.4, -0.2) is 45.7 Å². The zero-order valence-electron chi connectivity index (χ0n) is 21.3. The molecule has 3 heterocycles. The molecule has 1 amide bonds. The first-order valence-corrected chi connectivity index (χ1v) is 13.5. The quantitative estimate of drug-likeness (QED) is 0.404. The maximum Gasteiger partial charge on any atom is 0.451 e. The summed E-state index contributed by atoms with van der Waals surface area (Å²) >= 11 is 0. The average Bonchev–Trinajstić information content (AvgIpc) is 3.21. The van der Waals surface area contributed by atoms with Gasteiger partial charge in [0.15, 0.2) is 0 Å². The average molecular weight is 606 g/mol. The Morgan fingerprint density at radius 3 is 2.15 bits per heavy atom. The Bertz CT molecular complexity index is 1530. The molecule has 0 radical (unpaired) electrons. The van der Waals surface area contributed by atoms with Crippen LogP contribution >= 0.6 is 0 Å². The van der Waals surface area contributed by atoms with Crippen molar-refractivity contribution in [3.63, 3.8) is 0 Å². The Labute approximate surface area is 229 Å². The van der Waals surface area contributed by atoms with Gasteiger partial charge in [-0.15, -0.1) is 0 Å². The van der Waals surface area contributed by atoms with Crippen molar-refractivity contribution in [1.82, 2.24) is 24.6 Å². The fourth-order valence-corrected chi connectivity index (χ4v) is 6.37. The molecule has 2 aromatic heterocycles. The van der Waals surface area contributed by atoms with Crippen LogP contribution in [0.4, 0.5) is 30.7 Å². The fourth-order valence-electron chi connectivity index (χ4n) is 4.49. The lowest BCUT2D eigenvalue weighted by atomic mass is 10.0. The molecule has 3 aromatic rings. The summed E-state index contributed by atoms with van der Waals surface area (Å²) < 4.78 is 120. The first kappa shape index (κ1) is 30.3. The third kappa shape index (κ3) is 6.32. The summed E-state index contributed by atoms with van der Waals surface area (Å²) in [6, 6.07) is 3.01. The first-order valence-electron chi connectivity index (χ1n) is 12.0. The standard InChI is InChI=1S/C25H22F7N5O3S/c1-13-7-21(37(14(13)2)41(39,40)18-5-3-17(26)4-6-18)22(38)34-9-15-8-20(33-12-19(15)24(27,28)29)16-10-35-23(36-11-16)25(30,31)32/h3-6,8,10-14,21H,7,9H2,1-2H3,(H,34,38)/t13-,14?,21?/m1/s1. The maximum absolute atomic E-state index is 13.7. The Kier molecular flexibility index (Phi) is 8.10. The number of hydrogen-bond acceptors (Lipinski definition) is 6. The second kappa shape index (κ2) is 11.0. The van der Waals surface area contributed by atoms with Gasteiger partial charge in [-0.3, -0.25) is 9.78 Å². The van der Waals surface area contributed by atoms with Crippen LogP contribution in [0.25, 0.3) is 11.3 Å². The number of benzene rings is 1. The van der Waals surface area contributed by atoms with Crippen LogP contribution in [0.2, 0.25) is 0 Å². The number of aromatic nitrogens is 3. The molecular weight excluding hydrogens is 583 g/mol. The number of nitrogens with zero attached hydrogens (tertiary/aromatic N) is 4. The summed E-state index contributed by atoms with van der Waals surface area (Å²) in [4.78, 5) is 23.0. The molecule has 3 atom stereocenters. The van der Waals surface area contributed by atoms with Gasteiger partial charge in [0.2, 0.25) is 21.8 Å². The predicted molar refractivity (Wildman–Crippen MR) is 130 cm³/mol. The number of carbonyl (C=O) groups is 1. The minimum absolute atomic E-state index is 0.0735. The van der Waals surface area contributed by atoms with Crippen molar-refractivity contribution >= 4 is 15.9 Å². The van der Waals surface area contributed by atoms with E-state index in [4.69, 9.17) is 0 Å². The summed E-state index contributed by atoms with van der Waals surface area (Å²) in [5.74, 6) is -3.27. The Morgan fingerprint density at radius 1 is 0.976 bits per heavy atom. The third-order valence-electron chi connectivity index (χ3n) is 6.77. The molecule has 16 heteroatoms. The van der Waals surface area contributed by atoms with E-state index in [-0.39, 0.29) is 28.5 Å². The van der Waals surface area contributed by atoms with E-state index < -0.39 is 69.7 Å². The minimum atomic E-state index is -4.89. The molecular formula is C25H22F7N5O3S. The monoisotopic (exact) mass is 605 g/mol. The molecule has 41 heavy (non-hydrogen) atoms. The first-order chi connectivity index (χ1) is 19.0. The number of pyridine rings is 1. The van der Waals surface area contributed by atoms with E-state index in [0.29, 0.717) is 6.20 Å². The molecule has 0 aliphatic carbocycles. The molecule has 220 valence electrons. The molecule has 0 spiro atoms. The van der Waals surface area contributed by atoms with E-state index in [2.05, 4.69) is 20.3 Å². The number of alkyl halides is 6. The summed E-state index contributed by atoms with van der Waals surface area (Å²) in [6.45, 7) is 2.60. The fraction of sp³-hybridized carbons (Fsp3) is 0.360. The van der Waals surface area contributed by atoms with Crippen molar-refractivity contribution in [2.75, 3.05) is 0 Å². The zero-order chi connectivity index (χ0) is 30.3. The molecule has 1 fully saturated rings. The second-order valence-electron chi connectivity index (χ2n) is 9.49. The molecule has 2 unspecified atom stereocenters. The zero-order valence-corrected chi connectivity index (χ0v) is 22.1. The predicted octanol–water partition coefficient (Wildman–Crippen LogP) is 4.82. The molecule has 1 aliphatic heterocycles. The van der Waals surface area contributed by atoms with E-state index >= 15 is 0 Å². The molecule has 1 aromatic carbocycles. The van der Waals surface area contributed by atoms with Crippen molar-refractivity contribution in [2.45, 2.75) is 56.1 Å². The van der Waals surface area contributed by atoms with E-state index in [1.54, 1.807) is 13.8 Å². The van der Waals surface area contributed by atoms with Crippen LogP contribution < -0.4 is 5.32 Å². The highest BCUT2D eigenvalue weighted by molar-refractivity contribution is 7.89. The number of halogens is 7. The molecule has 1 saturated heterocycles. The topological polar surface area (TPSA) is 105 Å². The van der Waals surface area contributed by atoms with Gasteiger partial charge >= 0.3 is 12.4 Å². The van der Waals surface area contributed by atoms with Gasteiger partial charge in [-0.1, -0.05) is 6.92 Å². The van der Waals surface area contributed by atoms with Gasteiger partial charge in [0.25, 0.3) is 0 Å². The van der Waals surface area contributed by atoms with Gasteiger partial charge in [0.05, 0.1) is 16.2 Å². The van der Waals surface area contributed by atoms with Gasteiger partial charge in [-0.2, -0.15) is 30.6 Å². The normalized spacial score (nSPS) is 20.3. The van der Waals surface area contributed by atoms with Crippen molar-refractivity contribution in [3.8, 4) is 11.3 Å². The lowest BCUT2D eigenvalue weighted by Crippen LogP contribution is -2.48. The summed E-state index contributed by atoms with van der Waals surface area (Å²) in [7, 11) is -4.28. The molecule has 1 N–H and O–H groups in total. The largest absolute Gasteiger partial charge is 0.451 e. The van der Waals surface area contributed by atoms with Crippen LogP contribution in [0.15, 0.2) is 53.8 Å².